The molecule has 0 aliphatic heterocycles. The summed E-state index contributed by atoms with van der Waals surface area (Å²) in [7, 11) is 0. The highest BCUT2D eigenvalue weighted by Crippen LogP contribution is 2.26. The molecule has 0 unspecified atom stereocenters. The van der Waals surface area contributed by atoms with E-state index < -0.39 is 23.0 Å². The van der Waals surface area contributed by atoms with E-state index in [1.165, 1.54) is 24.3 Å². The zero-order valence-corrected chi connectivity index (χ0v) is 9.97. The van der Waals surface area contributed by atoms with Gasteiger partial charge >= 0.3 is 0 Å². The lowest BCUT2D eigenvalue weighted by Gasteiger charge is -2.10. The van der Waals surface area contributed by atoms with Crippen LogP contribution in [-0.4, -0.2) is 0 Å². The summed E-state index contributed by atoms with van der Waals surface area (Å²) in [4.78, 5) is 0. The summed E-state index contributed by atoms with van der Waals surface area (Å²) >= 11 is 0. The fraction of sp³-hybridized carbons (Fsp3) is 0.0714. The molecule has 19 heavy (non-hydrogen) atoms. The van der Waals surface area contributed by atoms with E-state index >= 15 is 0 Å². The van der Waals surface area contributed by atoms with Crippen LogP contribution < -0.4 is 5.32 Å². The summed E-state index contributed by atoms with van der Waals surface area (Å²) in [5, 5.41) is 11.0. The highest BCUT2D eigenvalue weighted by molar-refractivity contribution is 5.62. The molecule has 0 heterocycles. The van der Waals surface area contributed by atoms with Crippen LogP contribution in [0.1, 0.15) is 11.1 Å². The van der Waals surface area contributed by atoms with Crippen LogP contribution in [0.15, 0.2) is 30.3 Å². The number of rotatable bonds is 2. The predicted molar refractivity (Wildman–Crippen MR) is 65.5 cm³/mol. The van der Waals surface area contributed by atoms with Crippen molar-refractivity contribution in [2.75, 3.05) is 5.32 Å². The molecule has 0 amide bonds. The Labute approximate surface area is 108 Å². The van der Waals surface area contributed by atoms with Crippen LogP contribution in [0, 0.1) is 35.7 Å². The van der Waals surface area contributed by atoms with Crippen molar-refractivity contribution in [1.82, 2.24) is 0 Å². The first kappa shape index (κ1) is 13.0. The second-order valence-electron chi connectivity index (χ2n) is 4.01. The number of benzene rings is 2. The van der Waals surface area contributed by atoms with Crippen molar-refractivity contribution < 1.29 is 13.2 Å². The standard InChI is InChI=1S/C14H9F3N2/c1-8-2-4-10(15)12(6-8)19-11-5-3-9(7-18)13(16)14(11)17/h2-6,19H,1H3. The van der Waals surface area contributed by atoms with Crippen LogP contribution in [0.3, 0.4) is 0 Å². The molecule has 2 aromatic carbocycles. The van der Waals surface area contributed by atoms with E-state index in [9.17, 15) is 13.2 Å². The van der Waals surface area contributed by atoms with Gasteiger partial charge in [-0.15, -0.1) is 0 Å². The quantitative estimate of drug-likeness (QED) is 0.887. The van der Waals surface area contributed by atoms with Gasteiger partial charge in [0.1, 0.15) is 11.9 Å². The third-order valence-corrected chi connectivity index (χ3v) is 2.59. The normalized spacial score (nSPS) is 10.1. The van der Waals surface area contributed by atoms with Crippen LogP contribution in [-0.2, 0) is 0 Å². The van der Waals surface area contributed by atoms with Crippen molar-refractivity contribution in [3.8, 4) is 6.07 Å². The Hall–Kier alpha value is -2.48. The van der Waals surface area contributed by atoms with Crippen molar-refractivity contribution in [3.05, 3.63) is 58.9 Å². The van der Waals surface area contributed by atoms with Gasteiger partial charge in [-0.05, 0) is 36.8 Å². The maximum absolute atomic E-state index is 13.7. The molecule has 0 bridgehead atoms. The zero-order valence-electron chi connectivity index (χ0n) is 9.97. The number of nitrogens with one attached hydrogen (secondary N) is 1. The fourth-order valence-corrected chi connectivity index (χ4v) is 1.61. The maximum Gasteiger partial charge on any atom is 0.183 e. The number of halogens is 3. The maximum atomic E-state index is 13.7. The smallest absolute Gasteiger partial charge is 0.183 e. The zero-order chi connectivity index (χ0) is 14.0. The summed E-state index contributed by atoms with van der Waals surface area (Å²) < 4.78 is 40.6. The Kier molecular flexibility index (Phi) is 3.43. The van der Waals surface area contributed by atoms with Crippen molar-refractivity contribution in [1.29, 1.82) is 5.26 Å². The monoisotopic (exact) mass is 262 g/mol. The summed E-state index contributed by atoms with van der Waals surface area (Å²) in [5.41, 5.74) is 0.204. The lowest BCUT2D eigenvalue weighted by molar-refractivity contribution is 0.509. The van der Waals surface area contributed by atoms with E-state index in [0.717, 1.165) is 11.6 Å². The summed E-state index contributed by atoms with van der Waals surface area (Å²) in [6, 6.07) is 8.13. The average Bonchev–Trinajstić information content (AvgIpc) is 2.39. The minimum atomic E-state index is -1.25. The van der Waals surface area contributed by atoms with E-state index in [4.69, 9.17) is 5.26 Å². The Bertz CT molecular complexity index is 675. The third-order valence-electron chi connectivity index (χ3n) is 2.59. The number of hydrogen-bond donors (Lipinski definition) is 1. The molecule has 0 atom stereocenters. The van der Waals surface area contributed by atoms with Crippen LogP contribution in [0.2, 0.25) is 0 Å². The highest BCUT2D eigenvalue weighted by Gasteiger charge is 2.14. The number of anilines is 2. The van der Waals surface area contributed by atoms with Gasteiger partial charge in [0, 0.05) is 0 Å². The third kappa shape index (κ3) is 2.52. The van der Waals surface area contributed by atoms with Gasteiger partial charge in [-0.3, -0.25) is 0 Å². The molecular weight excluding hydrogens is 253 g/mol. The van der Waals surface area contributed by atoms with Crippen molar-refractivity contribution in [2.24, 2.45) is 0 Å². The van der Waals surface area contributed by atoms with E-state index in [0.29, 0.717) is 0 Å². The Balaban J connectivity index is 2.42. The van der Waals surface area contributed by atoms with Crippen LogP contribution in [0.4, 0.5) is 24.5 Å². The van der Waals surface area contributed by atoms with Gasteiger partial charge < -0.3 is 5.32 Å². The minimum Gasteiger partial charge on any atom is -0.351 e. The summed E-state index contributed by atoms with van der Waals surface area (Å²) in [5.74, 6) is -3.03. The van der Waals surface area contributed by atoms with Crippen molar-refractivity contribution in [2.45, 2.75) is 6.92 Å². The molecule has 2 nitrogen and oxygen atoms in total. The first-order valence-electron chi connectivity index (χ1n) is 5.44. The highest BCUT2D eigenvalue weighted by atomic mass is 19.2. The lowest BCUT2D eigenvalue weighted by atomic mass is 10.1. The van der Waals surface area contributed by atoms with Gasteiger partial charge in [0.2, 0.25) is 0 Å². The van der Waals surface area contributed by atoms with Crippen LogP contribution in [0.5, 0.6) is 0 Å². The SMILES string of the molecule is Cc1ccc(F)c(Nc2ccc(C#N)c(F)c2F)c1. The van der Waals surface area contributed by atoms with Gasteiger partial charge in [0.05, 0.1) is 16.9 Å². The molecule has 0 saturated heterocycles. The van der Waals surface area contributed by atoms with E-state index in [1.807, 2.05) is 0 Å². The first-order chi connectivity index (χ1) is 9.02. The molecule has 2 rings (SSSR count). The number of nitrogens with zero attached hydrogens (tertiary/aromatic N) is 1. The lowest BCUT2D eigenvalue weighted by Crippen LogP contribution is -2.00. The molecular formula is C14H9F3N2. The fourth-order valence-electron chi connectivity index (χ4n) is 1.61. The number of hydrogen-bond acceptors (Lipinski definition) is 2. The second kappa shape index (κ2) is 5.02. The first-order valence-corrected chi connectivity index (χ1v) is 5.44. The molecule has 0 saturated carbocycles. The van der Waals surface area contributed by atoms with Crippen LogP contribution >= 0.6 is 0 Å². The average molecular weight is 262 g/mol. The Morgan fingerprint density at radius 1 is 1.00 bits per heavy atom. The van der Waals surface area contributed by atoms with E-state index in [1.54, 1.807) is 13.0 Å². The van der Waals surface area contributed by atoms with E-state index in [2.05, 4.69) is 5.32 Å². The topological polar surface area (TPSA) is 35.8 Å². The van der Waals surface area contributed by atoms with Gasteiger partial charge in [0.15, 0.2) is 11.6 Å². The van der Waals surface area contributed by atoms with Crippen molar-refractivity contribution >= 4 is 11.4 Å². The Morgan fingerprint density at radius 2 is 1.74 bits per heavy atom. The number of aryl methyl sites for hydroxylation is 1. The molecule has 0 spiro atoms. The molecule has 0 aliphatic rings. The van der Waals surface area contributed by atoms with Gasteiger partial charge in [0.25, 0.3) is 0 Å². The summed E-state index contributed by atoms with van der Waals surface area (Å²) in [6.07, 6.45) is 0. The summed E-state index contributed by atoms with van der Waals surface area (Å²) in [6.45, 7) is 1.75. The minimum absolute atomic E-state index is 0.0445. The predicted octanol–water partition coefficient (Wildman–Crippen LogP) is 4.03. The molecule has 2 aromatic rings. The molecule has 0 aliphatic carbocycles. The largest absolute Gasteiger partial charge is 0.351 e. The van der Waals surface area contributed by atoms with Crippen molar-refractivity contribution in [3.63, 3.8) is 0 Å². The van der Waals surface area contributed by atoms with Gasteiger partial charge in [-0.25, -0.2) is 13.2 Å². The van der Waals surface area contributed by atoms with Gasteiger partial charge in [-0.1, -0.05) is 6.07 Å². The molecule has 5 heteroatoms. The molecule has 1 N–H and O–H groups in total. The Morgan fingerprint density at radius 3 is 2.42 bits per heavy atom. The second-order valence-corrected chi connectivity index (χ2v) is 4.01. The van der Waals surface area contributed by atoms with Gasteiger partial charge in [-0.2, -0.15) is 5.26 Å². The molecule has 0 aromatic heterocycles. The molecule has 96 valence electrons. The number of nitriles is 1. The molecule has 0 radical (unpaired) electrons. The van der Waals surface area contributed by atoms with E-state index in [-0.39, 0.29) is 11.4 Å². The van der Waals surface area contributed by atoms with Crippen LogP contribution in [0.25, 0.3) is 0 Å². The molecule has 0 fully saturated rings.